The molecule has 0 spiro atoms. The van der Waals surface area contributed by atoms with Crippen LogP contribution in [0.3, 0.4) is 0 Å². The van der Waals surface area contributed by atoms with Crippen molar-refractivity contribution in [2.24, 2.45) is 0 Å². The van der Waals surface area contributed by atoms with Gasteiger partial charge in [0.1, 0.15) is 23.0 Å². The lowest BCUT2D eigenvalue weighted by molar-refractivity contribution is 0.269. The molecule has 1 aliphatic heterocycles. The van der Waals surface area contributed by atoms with Gasteiger partial charge in [0, 0.05) is 22.3 Å². The smallest absolute Gasteiger partial charge is 0.135 e. The highest BCUT2D eigenvalue weighted by atomic mass is 16.5. The molecule has 2 aliphatic rings. The molecule has 0 saturated carbocycles. The van der Waals surface area contributed by atoms with E-state index < -0.39 is 0 Å². The molecule has 2 atom stereocenters. The average molecular weight is 364 g/mol. The van der Waals surface area contributed by atoms with E-state index in [1.54, 1.807) is 0 Å². The van der Waals surface area contributed by atoms with E-state index in [2.05, 4.69) is 86.7 Å². The Bertz CT molecular complexity index is 1320. The zero-order valence-electron chi connectivity index (χ0n) is 15.9. The van der Waals surface area contributed by atoms with Crippen LogP contribution < -0.4 is 4.74 Å². The van der Waals surface area contributed by atoms with Gasteiger partial charge in [0.15, 0.2) is 0 Å². The van der Waals surface area contributed by atoms with Gasteiger partial charge in [-0.3, -0.25) is 0 Å². The maximum absolute atomic E-state index is 6.13. The molecule has 0 bridgehead atoms. The lowest BCUT2D eigenvalue weighted by Gasteiger charge is -2.18. The highest BCUT2D eigenvalue weighted by Crippen LogP contribution is 2.44. The zero-order valence-corrected chi connectivity index (χ0v) is 15.9. The lowest BCUT2D eigenvalue weighted by Crippen LogP contribution is -2.16. The third-order valence-electron chi connectivity index (χ3n) is 5.92. The Morgan fingerprint density at radius 3 is 2.43 bits per heavy atom. The first-order valence-corrected chi connectivity index (χ1v) is 9.76. The fourth-order valence-electron chi connectivity index (χ4n) is 4.49. The van der Waals surface area contributed by atoms with E-state index in [1.165, 1.54) is 38.6 Å². The molecule has 0 amide bonds. The van der Waals surface area contributed by atoms with Crippen LogP contribution in [-0.2, 0) is 0 Å². The molecule has 0 fully saturated rings. The largest absolute Gasteiger partial charge is 0.485 e. The molecule has 0 radical (unpaired) electrons. The number of rotatable bonds is 1. The maximum atomic E-state index is 6.13. The summed E-state index contributed by atoms with van der Waals surface area (Å²) in [5.74, 6) is 1.28. The van der Waals surface area contributed by atoms with Gasteiger partial charge in [-0.05, 0) is 61.4 Å². The van der Waals surface area contributed by atoms with Crippen molar-refractivity contribution in [3.63, 3.8) is 0 Å². The first-order chi connectivity index (χ1) is 13.7. The summed E-state index contributed by atoms with van der Waals surface area (Å²) in [7, 11) is 0. The van der Waals surface area contributed by atoms with Crippen LogP contribution in [-0.4, -0.2) is 6.10 Å². The van der Waals surface area contributed by atoms with Crippen molar-refractivity contribution < 1.29 is 9.15 Å². The van der Waals surface area contributed by atoms with Gasteiger partial charge < -0.3 is 9.15 Å². The Hall–Kier alpha value is -3.26. The molecule has 2 heterocycles. The molecule has 2 unspecified atom stereocenters. The molecule has 2 nitrogen and oxygen atoms in total. The highest BCUT2D eigenvalue weighted by Gasteiger charge is 2.33. The molecule has 1 aromatic heterocycles. The second kappa shape index (κ2) is 5.62. The van der Waals surface area contributed by atoms with Crippen molar-refractivity contribution >= 4 is 27.5 Å². The van der Waals surface area contributed by atoms with Gasteiger partial charge in [-0.25, -0.2) is 0 Å². The summed E-state index contributed by atoms with van der Waals surface area (Å²) < 4.78 is 12.2. The molecule has 28 heavy (non-hydrogen) atoms. The summed E-state index contributed by atoms with van der Waals surface area (Å²) in [4.78, 5) is 0. The molecule has 1 aliphatic carbocycles. The number of hydrogen-bond donors (Lipinski definition) is 0. The van der Waals surface area contributed by atoms with Crippen LogP contribution in [0.1, 0.15) is 28.2 Å². The number of hydrogen-bond acceptors (Lipinski definition) is 2. The monoisotopic (exact) mass is 364 g/mol. The molecule has 136 valence electrons. The first kappa shape index (κ1) is 15.8. The second-order valence-corrected chi connectivity index (χ2v) is 7.94. The molecule has 0 N–H and O–H groups in total. The van der Waals surface area contributed by atoms with E-state index in [0.717, 1.165) is 16.9 Å². The molecule has 6 rings (SSSR count). The van der Waals surface area contributed by atoms with Crippen LogP contribution in [0.2, 0.25) is 0 Å². The first-order valence-electron chi connectivity index (χ1n) is 9.76. The van der Waals surface area contributed by atoms with E-state index in [0.29, 0.717) is 0 Å². The Balaban J connectivity index is 1.48. The van der Waals surface area contributed by atoms with Crippen molar-refractivity contribution in [3.8, 4) is 5.75 Å². The van der Waals surface area contributed by atoms with Gasteiger partial charge in [0.05, 0.1) is 0 Å². The van der Waals surface area contributed by atoms with Crippen molar-refractivity contribution in [3.05, 3.63) is 95.1 Å². The SMILES string of the molecule is Cc1ccc2c(c1)C1C=C(c3ccc4oc5ccc(C)cc5c4c3)C=CC1O2. The van der Waals surface area contributed by atoms with E-state index >= 15 is 0 Å². The normalized spacial score (nSPS) is 20.1. The summed E-state index contributed by atoms with van der Waals surface area (Å²) in [5.41, 5.74) is 8.14. The molecule has 0 saturated heterocycles. The topological polar surface area (TPSA) is 22.4 Å². The highest BCUT2D eigenvalue weighted by molar-refractivity contribution is 6.06. The van der Waals surface area contributed by atoms with Gasteiger partial charge >= 0.3 is 0 Å². The van der Waals surface area contributed by atoms with E-state index in [1.807, 2.05) is 0 Å². The van der Waals surface area contributed by atoms with Crippen LogP contribution in [0.5, 0.6) is 5.75 Å². The minimum atomic E-state index is 0.0988. The van der Waals surface area contributed by atoms with Crippen molar-refractivity contribution in [1.82, 2.24) is 0 Å². The number of furan rings is 1. The van der Waals surface area contributed by atoms with Gasteiger partial charge in [-0.2, -0.15) is 0 Å². The Kier molecular flexibility index (Phi) is 3.16. The average Bonchev–Trinajstić information content (AvgIpc) is 3.24. The second-order valence-electron chi connectivity index (χ2n) is 7.94. The number of benzene rings is 3. The van der Waals surface area contributed by atoms with E-state index in [9.17, 15) is 0 Å². The minimum absolute atomic E-state index is 0.0988. The summed E-state index contributed by atoms with van der Waals surface area (Å²) in [6, 6.07) is 19.3. The van der Waals surface area contributed by atoms with E-state index in [-0.39, 0.29) is 12.0 Å². The summed E-state index contributed by atoms with van der Waals surface area (Å²) >= 11 is 0. The third-order valence-corrected chi connectivity index (χ3v) is 5.92. The molecule has 2 heteroatoms. The standard InChI is InChI=1S/C26H20O2/c1-15-3-7-23-19(11-15)21-13-17(5-9-25(21)27-23)18-6-10-26-22(14-18)20-12-16(2)4-8-24(20)28-26/h3-14,21,25H,1-2H3. The molecular formula is C26H20O2. The summed E-state index contributed by atoms with van der Waals surface area (Å²) in [6.07, 6.45) is 6.83. The molecule has 3 aromatic carbocycles. The van der Waals surface area contributed by atoms with Crippen LogP contribution in [0.4, 0.5) is 0 Å². The molecule has 4 aromatic rings. The van der Waals surface area contributed by atoms with Gasteiger partial charge in [0.25, 0.3) is 0 Å². The van der Waals surface area contributed by atoms with Crippen LogP contribution in [0.25, 0.3) is 27.5 Å². The van der Waals surface area contributed by atoms with Crippen molar-refractivity contribution in [1.29, 1.82) is 0 Å². The zero-order chi connectivity index (χ0) is 18.8. The molecular weight excluding hydrogens is 344 g/mol. The third kappa shape index (κ3) is 2.27. The Morgan fingerprint density at radius 2 is 1.54 bits per heavy atom. The van der Waals surface area contributed by atoms with Crippen molar-refractivity contribution in [2.75, 3.05) is 0 Å². The summed E-state index contributed by atoms with van der Waals surface area (Å²) in [5, 5.41) is 2.35. The van der Waals surface area contributed by atoms with Gasteiger partial charge in [0.2, 0.25) is 0 Å². The lowest BCUT2D eigenvalue weighted by atomic mass is 9.86. The Morgan fingerprint density at radius 1 is 0.786 bits per heavy atom. The van der Waals surface area contributed by atoms with E-state index in [4.69, 9.17) is 9.15 Å². The number of ether oxygens (including phenoxy) is 1. The van der Waals surface area contributed by atoms with Crippen LogP contribution in [0, 0.1) is 13.8 Å². The van der Waals surface area contributed by atoms with Crippen LogP contribution in [0.15, 0.2) is 77.2 Å². The van der Waals surface area contributed by atoms with Crippen molar-refractivity contribution in [2.45, 2.75) is 25.9 Å². The maximum Gasteiger partial charge on any atom is 0.135 e. The minimum Gasteiger partial charge on any atom is -0.485 e. The van der Waals surface area contributed by atoms with Crippen LogP contribution >= 0.6 is 0 Å². The number of aryl methyl sites for hydroxylation is 2. The fourth-order valence-corrected chi connectivity index (χ4v) is 4.49. The predicted molar refractivity (Wildman–Crippen MR) is 114 cm³/mol. The Labute approximate surface area is 163 Å². The number of fused-ring (bicyclic) bond motifs is 6. The van der Waals surface area contributed by atoms with Gasteiger partial charge in [-0.1, -0.05) is 47.5 Å². The summed E-state index contributed by atoms with van der Waals surface area (Å²) in [6.45, 7) is 4.25. The predicted octanol–water partition coefficient (Wildman–Crippen LogP) is 6.70. The quantitative estimate of drug-likeness (QED) is 0.375. The van der Waals surface area contributed by atoms with Gasteiger partial charge in [-0.15, -0.1) is 0 Å². The number of allylic oxidation sites excluding steroid dienone is 2. The fraction of sp³-hybridized carbons (Fsp3) is 0.154.